The molecule has 0 radical (unpaired) electrons. The molecule has 1 aliphatic carbocycles. The molecule has 2 aromatic rings. The highest BCUT2D eigenvalue weighted by Crippen LogP contribution is 2.27. The predicted molar refractivity (Wildman–Crippen MR) is 115 cm³/mol. The van der Waals surface area contributed by atoms with E-state index in [2.05, 4.69) is 5.32 Å². The van der Waals surface area contributed by atoms with E-state index in [-0.39, 0.29) is 17.8 Å². The number of carbonyl (C=O) groups is 1. The molecule has 1 N–H and O–H groups in total. The number of thiocarbonyl (C=S) groups is 1. The average molecular weight is 411 g/mol. The lowest BCUT2D eigenvalue weighted by Crippen LogP contribution is -2.41. The van der Waals surface area contributed by atoms with E-state index in [1.165, 1.54) is 18.6 Å². The van der Waals surface area contributed by atoms with Crippen LogP contribution < -0.4 is 10.1 Å². The van der Waals surface area contributed by atoms with Crippen molar-refractivity contribution in [2.24, 2.45) is 0 Å². The number of hydrogen-bond donors (Lipinski definition) is 1. The molecular formula is C23H23FN2O2S. The van der Waals surface area contributed by atoms with E-state index in [4.69, 9.17) is 17.0 Å². The van der Waals surface area contributed by atoms with Crippen molar-refractivity contribution in [3.63, 3.8) is 0 Å². The van der Waals surface area contributed by atoms with E-state index in [0.29, 0.717) is 23.2 Å². The van der Waals surface area contributed by atoms with Gasteiger partial charge in [0.2, 0.25) is 0 Å². The second-order valence-corrected chi connectivity index (χ2v) is 7.83. The average Bonchev–Trinajstić information content (AvgIpc) is 3.02. The summed E-state index contributed by atoms with van der Waals surface area (Å²) in [6.07, 6.45) is 7.38. The van der Waals surface area contributed by atoms with Crippen LogP contribution in [0.25, 0.3) is 6.08 Å². The van der Waals surface area contributed by atoms with E-state index in [1.54, 1.807) is 17.0 Å². The molecule has 6 heteroatoms. The second kappa shape index (κ2) is 8.74. The van der Waals surface area contributed by atoms with Crippen molar-refractivity contribution in [2.45, 2.75) is 44.8 Å². The van der Waals surface area contributed by atoms with Gasteiger partial charge in [-0.2, -0.15) is 0 Å². The minimum atomic E-state index is -0.261. The Morgan fingerprint density at radius 3 is 2.45 bits per heavy atom. The van der Waals surface area contributed by atoms with Gasteiger partial charge in [-0.05, 0) is 66.5 Å². The third-order valence-electron chi connectivity index (χ3n) is 5.36. The normalized spacial score (nSPS) is 18.9. The summed E-state index contributed by atoms with van der Waals surface area (Å²) in [5, 5.41) is 3.58. The first kappa shape index (κ1) is 19.6. The maximum absolute atomic E-state index is 13.0. The molecule has 0 spiro atoms. The molecule has 150 valence electrons. The first-order valence-electron chi connectivity index (χ1n) is 9.94. The summed E-state index contributed by atoms with van der Waals surface area (Å²) in [6.45, 7) is 0.366. The van der Waals surface area contributed by atoms with Gasteiger partial charge < -0.3 is 10.1 Å². The smallest absolute Gasteiger partial charge is 0.276 e. The summed E-state index contributed by atoms with van der Waals surface area (Å²) in [5.41, 5.74) is 2.30. The number of nitrogens with zero attached hydrogens (tertiary/aromatic N) is 1. The quantitative estimate of drug-likeness (QED) is 0.568. The van der Waals surface area contributed by atoms with Crippen LogP contribution in [0, 0.1) is 5.82 Å². The Labute approximate surface area is 175 Å². The number of nitrogens with one attached hydrogen (secondary N) is 1. The summed E-state index contributed by atoms with van der Waals surface area (Å²) in [5.74, 6) is 0.405. The molecule has 4 nitrogen and oxygen atoms in total. The highest BCUT2D eigenvalue weighted by Gasteiger charge is 2.36. The van der Waals surface area contributed by atoms with E-state index in [9.17, 15) is 9.18 Å². The van der Waals surface area contributed by atoms with Gasteiger partial charge in [0, 0.05) is 6.04 Å². The highest BCUT2D eigenvalue weighted by atomic mass is 32.1. The van der Waals surface area contributed by atoms with Gasteiger partial charge in [0.25, 0.3) is 5.91 Å². The Morgan fingerprint density at radius 1 is 1.07 bits per heavy atom. The minimum Gasteiger partial charge on any atom is -0.489 e. The fraction of sp³-hybridized carbons (Fsp3) is 0.304. The van der Waals surface area contributed by atoms with E-state index < -0.39 is 0 Å². The summed E-state index contributed by atoms with van der Waals surface area (Å²) in [4.78, 5) is 14.6. The van der Waals surface area contributed by atoms with Gasteiger partial charge >= 0.3 is 0 Å². The maximum Gasteiger partial charge on any atom is 0.276 e. The molecule has 0 unspecified atom stereocenters. The lowest BCUT2D eigenvalue weighted by molar-refractivity contribution is -0.124. The van der Waals surface area contributed by atoms with Gasteiger partial charge in [0.15, 0.2) is 5.11 Å². The zero-order valence-corrected chi connectivity index (χ0v) is 16.9. The van der Waals surface area contributed by atoms with Crippen LogP contribution in [0.1, 0.15) is 43.2 Å². The molecule has 1 amide bonds. The molecular weight excluding hydrogens is 387 g/mol. The molecule has 1 heterocycles. The molecule has 0 atom stereocenters. The zero-order chi connectivity index (χ0) is 20.2. The van der Waals surface area contributed by atoms with Crippen molar-refractivity contribution < 1.29 is 13.9 Å². The van der Waals surface area contributed by atoms with Crippen molar-refractivity contribution in [1.82, 2.24) is 10.2 Å². The van der Waals surface area contributed by atoms with Gasteiger partial charge in [0.1, 0.15) is 23.9 Å². The molecule has 0 bridgehead atoms. The maximum atomic E-state index is 13.0. The van der Waals surface area contributed by atoms with Crippen molar-refractivity contribution in [3.05, 3.63) is 71.2 Å². The Kier molecular flexibility index (Phi) is 5.90. The molecule has 1 saturated carbocycles. The van der Waals surface area contributed by atoms with E-state index >= 15 is 0 Å². The molecule has 2 aromatic carbocycles. The van der Waals surface area contributed by atoms with Crippen LogP contribution in [0.2, 0.25) is 0 Å². The van der Waals surface area contributed by atoms with Crippen LogP contribution >= 0.6 is 12.2 Å². The standard InChI is InChI=1S/C23H23FN2O2S/c24-18-10-6-17(7-11-18)15-28-20-12-8-16(9-13-20)14-21-22(27)26(23(29)25-21)19-4-2-1-3-5-19/h6-14,19H,1-5,15H2,(H,25,29). The predicted octanol–water partition coefficient (Wildman–Crippen LogP) is 4.80. The number of hydrogen-bond acceptors (Lipinski definition) is 3. The topological polar surface area (TPSA) is 41.6 Å². The summed E-state index contributed by atoms with van der Waals surface area (Å²) in [6, 6.07) is 14.0. The van der Waals surface area contributed by atoms with Gasteiger partial charge in [-0.1, -0.05) is 43.5 Å². The fourth-order valence-corrected chi connectivity index (χ4v) is 4.14. The van der Waals surface area contributed by atoms with Crippen LogP contribution in [0.5, 0.6) is 5.75 Å². The second-order valence-electron chi connectivity index (χ2n) is 7.44. The molecule has 1 saturated heterocycles. The lowest BCUT2D eigenvalue weighted by Gasteiger charge is -2.29. The third-order valence-corrected chi connectivity index (χ3v) is 5.66. The van der Waals surface area contributed by atoms with Crippen LogP contribution in [0.15, 0.2) is 54.2 Å². The molecule has 2 fully saturated rings. The monoisotopic (exact) mass is 410 g/mol. The van der Waals surface area contributed by atoms with Crippen molar-refractivity contribution in [1.29, 1.82) is 0 Å². The van der Waals surface area contributed by atoms with Gasteiger partial charge in [-0.3, -0.25) is 9.69 Å². The molecule has 0 aromatic heterocycles. The highest BCUT2D eigenvalue weighted by molar-refractivity contribution is 7.80. The number of carbonyl (C=O) groups excluding carboxylic acids is 1. The Morgan fingerprint density at radius 2 is 1.76 bits per heavy atom. The van der Waals surface area contributed by atoms with Crippen LogP contribution in [-0.4, -0.2) is 22.0 Å². The van der Waals surface area contributed by atoms with E-state index in [0.717, 1.165) is 36.8 Å². The number of ether oxygens (including phenoxy) is 1. The Hall–Kier alpha value is -2.73. The summed E-state index contributed by atoms with van der Waals surface area (Å²) in [7, 11) is 0. The number of amides is 1. The van der Waals surface area contributed by atoms with Crippen molar-refractivity contribution >= 4 is 29.3 Å². The Balaban J connectivity index is 1.39. The van der Waals surface area contributed by atoms with Crippen LogP contribution in [0.4, 0.5) is 4.39 Å². The number of halogens is 1. The Bertz CT molecular complexity index is 919. The number of benzene rings is 2. The van der Waals surface area contributed by atoms with E-state index in [1.807, 2.05) is 30.3 Å². The summed E-state index contributed by atoms with van der Waals surface area (Å²) < 4.78 is 18.7. The third kappa shape index (κ3) is 4.65. The lowest BCUT2D eigenvalue weighted by atomic mass is 9.94. The molecule has 4 rings (SSSR count). The first-order valence-corrected chi connectivity index (χ1v) is 10.3. The summed E-state index contributed by atoms with van der Waals surface area (Å²) >= 11 is 5.41. The van der Waals surface area contributed by atoms with Crippen molar-refractivity contribution in [2.75, 3.05) is 0 Å². The van der Waals surface area contributed by atoms with Gasteiger partial charge in [0.05, 0.1) is 0 Å². The first-order chi connectivity index (χ1) is 14.1. The SMILES string of the molecule is O=C1C(=Cc2ccc(OCc3ccc(F)cc3)cc2)NC(=S)N1C1CCCCC1. The number of rotatable bonds is 5. The van der Waals surface area contributed by atoms with Gasteiger partial charge in [-0.25, -0.2) is 4.39 Å². The van der Waals surface area contributed by atoms with Crippen LogP contribution in [0.3, 0.4) is 0 Å². The zero-order valence-electron chi connectivity index (χ0n) is 16.1. The molecule has 29 heavy (non-hydrogen) atoms. The van der Waals surface area contributed by atoms with Crippen molar-refractivity contribution in [3.8, 4) is 5.75 Å². The molecule has 1 aliphatic heterocycles. The molecule has 2 aliphatic rings. The largest absolute Gasteiger partial charge is 0.489 e. The minimum absolute atomic E-state index is 0.0430. The van der Waals surface area contributed by atoms with Gasteiger partial charge in [-0.15, -0.1) is 0 Å². The fourth-order valence-electron chi connectivity index (χ4n) is 3.79. The van der Waals surface area contributed by atoms with Crippen LogP contribution in [-0.2, 0) is 11.4 Å².